The third-order valence-electron chi connectivity index (χ3n) is 11.2. The second-order valence-corrected chi connectivity index (χ2v) is 12.7. The Kier molecular flexibility index (Phi) is 6.32. The first-order chi connectivity index (χ1) is 13.8. The Morgan fingerprint density at radius 3 is 2.48 bits per heavy atom. The third kappa shape index (κ3) is 3.67. The Balaban J connectivity index is 1.47. The van der Waals surface area contributed by atoms with Crippen molar-refractivity contribution >= 4 is 0 Å². The zero-order valence-electron chi connectivity index (χ0n) is 20.6. The van der Waals surface area contributed by atoms with E-state index < -0.39 is 0 Å². The van der Waals surface area contributed by atoms with Crippen LogP contribution >= 0.6 is 0 Å². The molecule has 0 heteroatoms. The summed E-state index contributed by atoms with van der Waals surface area (Å²) in [7, 11) is 0. The molecule has 4 aliphatic rings. The fourth-order valence-corrected chi connectivity index (χ4v) is 9.36. The average molecular weight is 399 g/mol. The van der Waals surface area contributed by atoms with Crippen molar-refractivity contribution in [2.24, 2.45) is 52.3 Å². The van der Waals surface area contributed by atoms with Crippen LogP contribution in [0.4, 0.5) is 0 Å². The Bertz CT molecular complexity index is 599. The third-order valence-corrected chi connectivity index (χ3v) is 11.2. The quantitative estimate of drug-likeness (QED) is 0.391. The highest BCUT2D eigenvalue weighted by atomic mass is 14.6. The van der Waals surface area contributed by atoms with E-state index in [1.165, 1.54) is 77.0 Å². The van der Waals surface area contributed by atoms with E-state index in [-0.39, 0.29) is 0 Å². The molecule has 0 nitrogen and oxygen atoms in total. The molecule has 8 atom stereocenters. The van der Waals surface area contributed by atoms with Crippen molar-refractivity contribution in [1.82, 2.24) is 0 Å². The van der Waals surface area contributed by atoms with Gasteiger partial charge in [-0.15, -0.1) is 0 Å². The van der Waals surface area contributed by atoms with Crippen molar-refractivity contribution in [3.63, 3.8) is 0 Å². The van der Waals surface area contributed by atoms with Crippen LogP contribution in [0.3, 0.4) is 0 Å². The van der Waals surface area contributed by atoms with Crippen LogP contribution in [-0.2, 0) is 0 Å². The molecule has 0 amide bonds. The number of hydrogen-bond donors (Lipinski definition) is 0. The van der Waals surface area contributed by atoms with E-state index in [1.807, 2.05) is 5.57 Å². The van der Waals surface area contributed by atoms with Crippen LogP contribution in [0.1, 0.15) is 119 Å². The molecule has 0 aromatic heterocycles. The number of rotatable bonds is 6. The topological polar surface area (TPSA) is 0 Å². The molecular formula is C29H50. The molecule has 166 valence electrons. The van der Waals surface area contributed by atoms with Crippen molar-refractivity contribution < 1.29 is 0 Å². The van der Waals surface area contributed by atoms with Crippen LogP contribution in [0.2, 0.25) is 0 Å². The van der Waals surface area contributed by atoms with Gasteiger partial charge in [-0.2, -0.15) is 0 Å². The molecule has 0 N–H and O–H groups in total. The van der Waals surface area contributed by atoms with Gasteiger partial charge in [0, 0.05) is 0 Å². The monoisotopic (exact) mass is 398 g/mol. The Hall–Kier alpha value is -0.260. The van der Waals surface area contributed by atoms with Crippen LogP contribution in [0.25, 0.3) is 0 Å². The predicted molar refractivity (Wildman–Crippen MR) is 127 cm³/mol. The van der Waals surface area contributed by atoms with Crippen LogP contribution in [0, 0.1) is 52.3 Å². The maximum atomic E-state index is 2.75. The first-order valence-electron chi connectivity index (χ1n) is 13.5. The number of allylic oxidation sites excluding steroid dienone is 2. The first-order valence-corrected chi connectivity index (χ1v) is 13.5. The molecule has 0 aromatic carbocycles. The van der Waals surface area contributed by atoms with Gasteiger partial charge < -0.3 is 0 Å². The number of fused-ring (bicyclic) bond motifs is 5. The average Bonchev–Trinajstić information content (AvgIpc) is 3.05. The van der Waals surface area contributed by atoms with Gasteiger partial charge in [-0.05, 0) is 110 Å². The molecule has 4 aliphatic carbocycles. The molecule has 3 fully saturated rings. The van der Waals surface area contributed by atoms with Gasteiger partial charge in [0.15, 0.2) is 0 Å². The molecule has 0 spiro atoms. The summed E-state index contributed by atoms with van der Waals surface area (Å²) >= 11 is 0. The predicted octanol–water partition coefficient (Wildman–Crippen LogP) is 9.05. The van der Waals surface area contributed by atoms with E-state index in [1.54, 1.807) is 0 Å². The summed E-state index contributed by atoms with van der Waals surface area (Å²) in [6.45, 7) is 15.3. The summed E-state index contributed by atoms with van der Waals surface area (Å²) in [5.41, 5.74) is 3.07. The van der Waals surface area contributed by atoms with Crippen molar-refractivity contribution in [3.05, 3.63) is 11.6 Å². The lowest BCUT2D eigenvalue weighted by Gasteiger charge is -2.58. The molecule has 0 aromatic rings. The van der Waals surface area contributed by atoms with Gasteiger partial charge in [0.2, 0.25) is 0 Å². The standard InChI is InChI=1S/C29H50/c1-7-22(20(2)3)12-11-21(4)25-15-16-26-24-14-13-23-10-8-9-18-28(23,5)27(24)17-19-29(25,26)6/h13,20-22,24-27H,7-12,14-19H2,1-6H3/t21-,22-,24+,25-,26+,27+,28+,29-/m1/s1. The second kappa shape index (κ2) is 8.35. The van der Waals surface area contributed by atoms with E-state index in [0.717, 1.165) is 41.4 Å². The Morgan fingerprint density at radius 2 is 1.76 bits per heavy atom. The smallest absolute Gasteiger partial charge is 0.00853 e. The zero-order chi connectivity index (χ0) is 20.8. The summed E-state index contributed by atoms with van der Waals surface area (Å²) in [4.78, 5) is 0. The van der Waals surface area contributed by atoms with Crippen molar-refractivity contribution in [2.75, 3.05) is 0 Å². The molecule has 0 bridgehead atoms. The molecule has 0 unspecified atom stereocenters. The van der Waals surface area contributed by atoms with Gasteiger partial charge in [-0.25, -0.2) is 0 Å². The number of hydrogen-bond acceptors (Lipinski definition) is 0. The summed E-state index contributed by atoms with van der Waals surface area (Å²) in [5.74, 6) is 6.71. The summed E-state index contributed by atoms with van der Waals surface area (Å²) in [6.07, 6.45) is 20.4. The molecule has 0 saturated heterocycles. The minimum absolute atomic E-state index is 0.567. The molecular weight excluding hydrogens is 348 g/mol. The fourth-order valence-electron chi connectivity index (χ4n) is 9.36. The second-order valence-electron chi connectivity index (χ2n) is 12.7. The molecule has 0 aliphatic heterocycles. The summed E-state index contributed by atoms with van der Waals surface area (Å²) < 4.78 is 0. The van der Waals surface area contributed by atoms with E-state index in [2.05, 4.69) is 47.6 Å². The molecule has 0 radical (unpaired) electrons. The molecule has 4 rings (SSSR count). The maximum Gasteiger partial charge on any atom is -0.00853 e. The summed E-state index contributed by atoms with van der Waals surface area (Å²) in [6, 6.07) is 0. The Labute approximate surface area is 182 Å². The van der Waals surface area contributed by atoms with E-state index in [9.17, 15) is 0 Å². The lowest BCUT2D eigenvalue weighted by Crippen LogP contribution is -2.50. The van der Waals surface area contributed by atoms with Crippen LogP contribution in [-0.4, -0.2) is 0 Å². The first kappa shape index (κ1) is 22.0. The van der Waals surface area contributed by atoms with Crippen LogP contribution < -0.4 is 0 Å². The van der Waals surface area contributed by atoms with Crippen molar-refractivity contribution in [3.8, 4) is 0 Å². The highest BCUT2D eigenvalue weighted by Crippen LogP contribution is 2.67. The largest absolute Gasteiger partial charge is 0.0845 e. The van der Waals surface area contributed by atoms with Crippen molar-refractivity contribution in [1.29, 1.82) is 0 Å². The van der Waals surface area contributed by atoms with Gasteiger partial charge in [-0.1, -0.05) is 72.5 Å². The minimum atomic E-state index is 0.567. The highest BCUT2D eigenvalue weighted by Gasteiger charge is 2.58. The lowest BCUT2D eigenvalue weighted by molar-refractivity contribution is -0.0503. The normalized spacial score (nSPS) is 43.9. The van der Waals surface area contributed by atoms with Gasteiger partial charge in [0.1, 0.15) is 0 Å². The van der Waals surface area contributed by atoms with E-state index in [0.29, 0.717) is 10.8 Å². The van der Waals surface area contributed by atoms with Gasteiger partial charge in [0.05, 0.1) is 0 Å². The summed E-state index contributed by atoms with van der Waals surface area (Å²) in [5, 5.41) is 0. The zero-order valence-corrected chi connectivity index (χ0v) is 20.6. The van der Waals surface area contributed by atoms with Gasteiger partial charge >= 0.3 is 0 Å². The SMILES string of the molecule is CC[C@H](CC[C@@H](C)[C@H]1CC[C@H]2[C@@H]3CC=C4CCCC[C@]4(C)[C@H]3CC[C@]12C)C(C)C. The van der Waals surface area contributed by atoms with E-state index >= 15 is 0 Å². The minimum Gasteiger partial charge on any atom is -0.0845 e. The molecule has 0 heterocycles. The van der Waals surface area contributed by atoms with Crippen LogP contribution in [0.15, 0.2) is 11.6 Å². The van der Waals surface area contributed by atoms with Crippen molar-refractivity contribution in [2.45, 2.75) is 119 Å². The fraction of sp³-hybridized carbons (Fsp3) is 0.931. The van der Waals surface area contributed by atoms with Gasteiger partial charge in [-0.3, -0.25) is 0 Å². The Morgan fingerprint density at radius 1 is 0.966 bits per heavy atom. The van der Waals surface area contributed by atoms with Crippen LogP contribution in [0.5, 0.6) is 0 Å². The van der Waals surface area contributed by atoms with Gasteiger partial charge in [0.25, 0.3) is 0 Å². The highest BCUT2D eigenvalue weighted by molar-refractivity contribution is 5.24. The maximum absolute atomic E-state index is 2.75. The molecule has 3 saturated carbocycles. The molecule has 29 heavy (non-hydrogen) atoms. The van der Waals surface area contributed by atoms with E-state index in [4.69, 9.17) is 0 Å². The lowest BCUT2D eigenvalue weighted by atomic mass is 9.47.